The van der Waals surface area contributed by atoms with Crippen LogP contribution in [0.1, 0.15) is 31.7 Å². The van der Waals surface area contributed by atoms with Crippen molar-refractivity contribution in [3.63, 3.8) is 0 Å². The van der Waals surface area contributed by atoms with Crippen LogP contribution in [0.4, 0.5) is 11.6 Å². The van der Waals surface area contributed by atoms with Crippen LogP contribution >= 0.6 is 11.8 Å². The molecule has 0 spiro atoms. The molecule has 1 amide bonds. The summed E-state index contributed by atoms with van der Waals surface area (Å²) in [5, 5.41) is 12.3. The minimum atomic E-state index is -0.419. The normalized spacial score (nSPS) is 14.5. The second-order valence-electron chi connectivity index (χ2n) is 8.29. The summed E-state index contributed by atoms with van der Waals surface area (Å²) < 4.78 is 13.0. The van der Waals surface area contributed by atoms with Crippen molar-refractivity contribution in [1.82, 2.24) is 14.8 Å². The molecule has 0 bridgehead atoms. The van der Waals surface area contributed by atoms with Gasteiger partial charge in [0, 0.05) is 13.1 Å². The molecular weight excluding hydrogens is 450 g/mol. The monoisotopic (exact) mass is 481 g/mol. The largest absolute Gasteiger partial charge is 0.495 e. The zero-order valence-electron chi connectivity index (χ0n) is 20.1. The number of aromatic nitrogens is 3. The van der Waals surface area contributed by atoms with Crippen molar-refractivity contribution in [3.8, 4) is 17.2 Å². The zero-order valence-corrected chi connectivity index (χ0v) is 20.9. The van der Waals surface area contributed by atoms with Gasteiger partial charge in [0.05, 0.1) is 30.8 Å². The summed E-state index contributed by atoms with van der Waals surface area (Å²) in [6, 6.07) is 13.5. The molecule has 1 aliphatic heterocycles. The maximum atomic E-state index is 13.1. The number of nitrogens with zero attached hydrogens (tertiary/aromatic N) is 4. The first kappa shape index (κ1) is 23.9. The minimum absolute atomic E-state index is 0.136. The molecule has 1 atom stereocenters. The van der Waals surface area contributed by atoms with Crippen LogP contribution in [0.15, 0.2) is 47.6 Å². The lowest BCUT2D eigenvalue weighted by Crippen LogP contribution is -2.32. The van der Waals surface area contributed by atoms with Crippen molar-refractivity contribution in [1.29, 1.82) is 0 Å². The molecule has 1 fully saturated rings. The summed E-state index contributed by atoms with van der Waals surface area (Å²) in [6.45, 7) is 5.71. The van der Waals surface area contributed by atoms with Crippen LogP contribution in [-0.2, 0) is 4.79 Å². The van der Waals surface area contributed by atoms with Gasteiger partial charge in [0.25, 0.3) is 0 Å². The van der Waals surface area contributed by atoms with Crippen LogP contribution in [0.2, 0.25) is 0 Å². The molecule has 0 saturated carbocycles. The number of hydrogen-bond donors (Lipinski definition) is 1. The third-order valence-electron chi connectivity index (χ3n) is 5.85. The summed E-state index contributed by atoms with van der Waals surface area (Å²) in [5.41, 5.74) is 2.55. The quantitative estimate of drug-likeness (QED) is 0.467. The summed E-state index contributed by atoms with van der Waals surface area (Å²) in [7, 11) is 3.25. The van der Waals surface area contributed by atoms with Gasteiger partial charge in [0.2, 0.25) is 11.9 Å². The molecule has 0 aliphatic carbocycles. The lowest BCUT2D eigenvalue weighted by molar-refractivity contribution is -0.115. The Balaban J connectivity index is 1.63. The maximum Gasteiger partial charge on any atom is 0.237 e. The van der Waals surface area contributed by atoms with E-state index in [1.807, 2.05) is 60.9 Å². The van der Waals surface area contributed by atoms with Gasteiger partial charge in [-0.1, -0.05) is 30.0 Å². The smallest absolute Gasteiger partial charge is 0.237 e. The van der Waals surface area contributed by atoms with Gasteiger partial charge in [-0.2, -0.15) is 0 Å². The first-order valence-corrected chi connectivity index (χ1v) is 12.4. The first-order chi connectivity index (χ1) is 16.5. The number of anilines is 2. The fourth-order valence-corrected chi connectivity index (χ4v) is 4.88. The van der Waals surface area contributed by atoms with Crippen molar-refractivity contribution >= 4 is 29.3 Å². The number of carbonyl (C=O) groups is 1. The number of methoxy groups -OCH3 is 2. The van der Waals surface area contributed by atoms with Crippen LogP contribution in [0.3, 0.4) is 0 Å². The number of aryl methyl sites for hydroxylation is 1. The molecule has 180 valence electrons. The summed E-state index contributed by atoms with van der Waals surface area (Å²) >= 11 is 1.37. The van der Waals surface area contributed by atoms with E-state index in [0.29, 0.717) is 16.6 Å². The molecule has 8 nitrogen and oxygen atoms in total. The molecule has 1 N–H and O–H groups in total. The van der Waals surface area contributed by atoms with Crippen LogP contribution in [0.5, 0.6) is 11.5 Å². The fraction of sp³-hybridized carbons (Fsp3) is 0.400. The van der Waals surface area contributed by atoms with Crippen LogP contribution in [0, 0.1) is 6.92 Å². The van der Waals surface area contributed by atoms with E-state index in [0.717, 1.165) is 48.9 Å². The van der Waals surface area contributed by atoms with Crippen molar-refractivity contribution in [2.24, 2.45) is 0 Å². The lowest BCUT2D eigenvalue weighted by Gasteiger charge is -2.28. The highest BCUT2D eigenvalue weighted by molar-refractivity contribution is 8.00. The number of thioether (sulfide) groups is 1. The van der Waals surface area contributed by atoms with Gasteiger partial charge in [-0.05, 0) is 62.9 Å². The summed E-state index contributed by atoms with van der Waals surface area (Å²) in [4.78, 5) is 15.4. The number of ether oxygens (including phenoxy) is 2. The number of piperidine rings is 1. The van der Waals surface area contributed by atoms with E-state index in [1.165, 1.54) is 18.2 Å². The third kappa shape index (κ3) is 5.14. The number of amides is 1. The second-order valence-corrected chi connectivity index (χ2v) is 9.60. The Morgan fingerprint density at radius 2 is 1.76 bits per heavy atom. The molecule has 2 aromatic carbocycles. The SMILES string of the molecule is COc1ccc(C)cc1NC(=O)C(C)Sc1nnc(N2CCCCC2)n1-c1ccccc1OC. The van der Waals surface area contributed by atoms with Crippen LogP contribution < -0.4 is 19.7 Å². The average Bonchev–Trinajstić information content (AvgIpc) is 3.27. The van der Waals surface area contributed by atoms with Crippen molar-refractivity contribution in [2.45, 2.75) is 43.5 Å². The van der Waals surface area contributed by atoms with E-state index in [9.17, 15) is 4.79 Å². The molecule has 1 aliphatic rings. The van der Waals surface area contributed by atoms with E-state index in [-0.39, 0.29) is 5.91 Å². The van der Waals surface area contributed by atoms with Gasteiger partial charge in [0.15, 0.2) is 5.16 Å². The van der Waals surface area contributed by atoms with Crippen LogP contribution in [-0.4, -0.2) is 53.2 Å². The maximum absolute atomic E-state index is 13.1. The van der Waals surface area contributed by atoms with Crippen LogP contribution in [0.25, 0.3) is 5.69 Å². The van der Waals surface area contributed by atoms with Gasteiger partial charge in [-0.25, -0.2) is 0 Å². The van der Waals surface area contributed by atoms with E-state index < -0.39 is 5.25 Å². The molecule has 1 unspecified atom stereocenters. The molecule has 34 heavy (non-hydrogen) atoms. The van der Waals surface area contributed by atoms with Crippen molar-refractivity contribution in [2.75, 3.05) is 37.5 Å². The number of hydrogen-bond acceptors (Lipinski definition) is 7. The average molecular weight is 482 g/mol. The molecule has 1 aromatic heterocycles. The molecule has 4 rings (SSSR count). The Bertz CT molecular complexity index is 1140. The summed E-state index contributed by atoms with van der Waals surface area (Å²) in [6.07, 6.45) is 3.47. The highest BCUT2D eigenvalue weighted by Gasteiger charge is 2.26. The predicted molar refractivity (Wildman–Crippen MR) is 136 cm³/mol. The lowest BCUT2D eigenvalue weighted by atomic mass is 10.1. The number of carbonyl (C=O) groups excluding carboxylic acids is 1. The minimum Gasteiger partial charge on any atom is -0.495 e. The molecule has 1 saturated heterocycles. The van der Waals surface area contributed by atoms with Gasteiger partial charge < -0.3 is 19.7 Å². The molecule has 0 radical (unpaired) electrons. The number of benzene rings is 2. The Morgan fingerprint density at radius 3 is 2.50 bits per heavy atom. The van der Waals surface area contributed by atoms with E-state index in [2.05, 4.69) is 20.4 Å². The second kappa shape index (κ2) is 10.8. The standard InChI is InChI=1S/C25H31N5O3S/c1-17-12-13-21(32-3)19(16-17)26-23(31)18(2)34-25-28-27-24(29-14-8-5-9-15-29)30(25)20-10-6-7-11-22(20)33-4/h6-7,10-13,16,18H,5,8-9,14-15H2,1-4H3,(H,26,31). The van der Waals surface area contributed by atoms with Gasteiger partial charge in [-0.3, -0.25) is 9.36 Å². The molecular formula is C25H31N5O3S. The topological polar surface area (TPSA) is 81.5 Å². The van der Waals surface area contributed by atoms with Crippen molar-refractivity contribution in [3.05, 3.63) is 48.0 Å². The molecule has 9 heteroatoms. The fourth-order valence-electron chi connectivity index (χ4n) is 4.03. The first-order valence-electron chi connectivity index (χ1n) is 11.5. The Morgan fingerprint density at radius 1 is 1.03 bits per heavy atom. The zero-order chi connectivity index (χ0) is 24.1. The Hall–Kier alpha value is -3.20. The number of nitrogens with one attached hydrogen (secondary N) is 1. The number of rotatable bonds is 8. The van der Waals surface area contributed by atoms with Gasteiger partial charge in [-0.15, -0.1) is 10.2 Å². The Labute approximate surface area is 204 Å². The van der Waals surface area contributed by atoms with Crippen molar-refractivity contribution < 1.29 is 14.3 Å². The van der Waals surface area contributed by atoms with E-state index in [1.54, 1.807) is 14.2 Å². The highest BCUT2D eigenvalue weighted by atomic mass is 32.2. The molecule has 3 aromatic rings. The molecule has 2 heterocycles. The highest BCUT2D eigenvalue weighted by Crippen LogP contribution is 2.35. The summed E-state index contributed by atoms with van der Waals surface area (Å²) in [5.74, 6) is 1.99. The van der Waals surface area contributed by atoms with E-state index in [4.69, 9.17) is 9.47 Å². The third-order valence-corrected chi connectivity index (χ3v) is 6.89. The number of para-hydroxylation sites is 2. The predicted octanol–water partition coefficient (Wildman–Crippen LogP) is 4.70. The van der Waals surface area contributed by atoms with Gasteiger partial charge >= 0.3 is 0 Å². The Kier molecular flexibility index (Phi) is 7.62. The van der Waals surface area contributed by atoms with E-state index >= 15 is 0 Å². The van der Waals surface area contributed by atoms with Gasteiger partial charge in [0.1, 0.15) is 11.5 Å².